The van der Waals surface area contributed by atoms with Gasteiger partial charge < -0.3 is 9.47 Å². The van der Waals surface area contributed by atoms with E-state index in [0.717, 1.165) is 6.42 Å². The van der Waals surface area contributed by atoms with Crippen molar-refractivity contribution in [2.45, 2.75) is 53.1 Å². The summed E-state index contributed by atoms with van der Waals surface area (Å²) >= 11 is 0. The van der Waals surface area contributed by atoms with Crippen LogP contribution in [0.5, 0.6) is 0 Å². The van der Waals surface area contributed by atoms with Crippen LogP contribution in [0.4, 0.5) is 0 Å². The minimum absolute atomic E-state index is 0.192. The summed E-state index contributed by atoms with van der Waals surface area (Å²) in [5, 5.41) is 0. The quantitative estimate of drug-likeness (QED) is 0.639. The summed E-state index contributed by atoms with van der Waals surface area (Å²) in [6.45, 7) is 8.49. The van der Waals surface area contributed by atoms with E-state index in [1.165, 1.54) is 0 Å². The molecule has 0 aliphatic carbocycles. The zero-order valence-corrected chi connectivity index (χ0v) is 14.6. The highest BCUT2D eigenvalue weighted by atomic mass is 16.5. The first-order valence-corrected chi connectivity index (χ1v) is 8.35. The molecule has 23 heavy (non-hydrogen) atoms. The smallest absolute Gasteiger partial charge is 0.338 e. The van der Waals surface area contributed by atoms with Crippen LogP contribution in [0.15, 0.2) is 30.3 Å². The molecule has 0 aliphatic rings. The van der Waals surface area contributed by atoms with Gasteiger partial charge in [-0.2, -0.15) is 0 Å². The topological polar surface area (TPSA) is 52.6 Å². The molecule has 0 fully saturated rings. The lowest BCUT2D eigenvalue weighted by Gasteiger charge is -2.25. The molecule has 0 saturated carbocycles. The van der Waals surface area contributed by atoms with Crippen molar-refractivity contribution in [1.82, 2.24) is 0 Å². The Bertz CT molecular complexity index is 481. The third-order valence-corrected chi connectivity index (χ3v) is 3.68. The molecule has 0 heterocycles. The summed E-state index contributed by atoms with van der Waals surface area (Å²) in [7, 11) is 0. The van der Waals surface area contributed by atoms with Gasteiger partial charge in [0.15, 0.2) is 0 Å². The molecule has 0 saturated heterocycles. The summed E-state index contributed by atoms with van der Waals surface area (Å²) in [6.07, 6.45) is 1.42. The predicted molar refractivity (Wildman–Crippen MR) is 90.1 cm³/mol. The molecule has 4 heteroatoms. The molecule has 4 nitrogen and oxygen atoms in total. The maximum atomic E-state index is 12.3. The molecule has 0 amide bonds. The molecular formula is C19H28O4. The fourth-order valence-corrected chi connectivity index (χ4v) is 2.63. The van der Waals surface area contributed by atoms with Crippen LogP contribution in [-0.4, -0.2) is 24.6 Å². The van der Waals surface area contributed by atoms with Gasteiger partial charge in [0, 0.05) is 6.42 Å². The lowest BCUT2D eigenvalue weighted by Crippen LogP contribution is -2.27. The summed E-state index contributed by atoms with van der Waals surface area (Å²) in [4.78, 5) is 23.9. The molecule has 0 aliphatic heterocycles. The fraction of sp³-hybridized carbons (Fsp3) is 0.579. The van der Waals surface area contributed by atoms with E-state index in [4.69, 9.17) is 9.47 Å². The fourth-order valence-electron chi connectivity index (χ4n) is 2.63. The van der Waals surface area contributed by atoms with E-state index < -0.39 is 0 Å². The number of esters is 2. The van der Waals surface area contributed by atoms with E-state index >= 15 is 0 Å². The molecule has 0 aromatic heterocycles. The van der Waals surface area contributed by atoms with Gasteiger partial charge in [-0.1, -0.05) is 39.0 Å². The van der Waals surface area contributed by atoms with E-state index in [0.29, 0.717) is 24.5 Å². The lowest BCUT2D eigenvalue weighted by molar-refractivity contribution is -0.144. The molecule has 1 rings (SSSR count). The maximum absolute atomic E-state index is 12.3. The highest BCUT2D eigenvalue weighted by Crippen LogP contribution is 2.22. The third-order valence-electron chi connectivity index (χ3n) is 3.68. The molecular weight excluding hydrogens is 292 g/mol. The van der Waals surface area contributed by atoms with Crippen molar-refractivity contribution < 1.29 is 19.1 Å². The lowest BCUT2D eigenvalue weighted by atomic mass is 9.91. The average Bonchev–Trinajstić information content (AvgIpc) is 2.51. The maximum Gasteiger partial charge on any atom is 0.338 e. The minimum Gasteiger partial charge on any atom is -0.466 e. The predicted octanol–water partition coefficient (Wildman–Crippen LogP) is 4.24. The van der Waals surface area contributed by atoms with Crippen molar-refractivity contribution in [2.24, 2.45) is 11.8 Å². The zero-order valence-electron chi connectivity index (χ0n) is 14.6. The first-order valence-electron chi connectivity index (χ1n) is 8.35. The van der Waals surface area contributed by atoms with Crippen LogP contribution in [0.2, 0.25) is 0 Å². The van der Waals surface area contributed by atoms with Crippen molar-refractivity contribution in [3.63, 3.8) is 0 Å². The van der Waals surface area contributed by atoms with Crippen LogP contribution >= 0.6 is 0 Å². The van der Waals surface area contributed by atoms with Gasteiger partial charge in [0.25, 0.3) is 0 Å². The molecule has 2 atom stereocenters. The van der Waals surface area contributed by atoms with Gasteiger partial charge in [-0.25, -0.2) is 4.79 Å². The second-order valence-corrected chi connectivity index (χ2v) is 6.26. The Morgan fingerprint density at radius 3 is 2.30 bits per heavy atom. The standard InChI is InChI=1S/C19H28O4/c1-5-22-18(20)12-11-17(15(4)13-14(2)3)23-19(21)16-9-7-6-8-10-16/h6-10,14-15,17H,5,11-13H2,1-4H3. The van der Waals surface area contributed by atoms with E-state index in [1.807, 2.05) is 18.2 Å². The van der Waals surface area contributed by atoms with E-state index in [1.54, 1.807) is 19.1 Å². The largest absolute Gasteiger partial charge is 0.466 e. The van der Waals surface area contributed by atoms with Gasteiger partial charge in [0.2, 0.25) is 0 Å². The Hall–Kier alpha value is -1.84. The van der Waals surface area contributed by atoms with Crippen LogP contribution in [0.1, 0.15) is 57.3 Å². The summed E-state index contributed by atoms with van der Waals surface area (Å²) in [5.74, 6) is 0.114. The highest BCUT2D eigenvalue weighted by molar-refractivity contribution is 5.89. The van der Waals surface area contributed by atoms with Crippen LogP contribution < -0.4 is 0 Å². The van der Waals surface area contributed by atoms with Crippen molar-refractivity contribution >= 4 is 11.9 Å². The normalized spacial score (nSPS) is 13.4. The Morgan fingerprint density at radius 1 is 1.09 bits per heavy atom. The SMILES string of the molecule is CCOC(=O)CCC(OC(=O)c1ccccc1)C(C)CC(C)C. The number of carbonyl (C=O) groups is 2. The molecule has 1 aromatic carbocycles. The van der Waals surface area contributed by atoms with Crippen molar-refractivity contribution in [1.29, 1.82) is 0 Å². The Kier molecular flexibility index (Phi) is 8.38. The molecule has 2 unspecified atom stereocenters. The number of rotatable bonds is 9. The van der Waals surface area contributed by atoms with E-state index in [-0.39, 0.29) is 30.4 Å². The van der Waals surface area contributed by atoms with Crippen LogP contribution in [0, 0.1) is 11.8 Å². The Balaban J connectivity index is 2.70. The number of hydrogen-bond acceptors (Lipinski definition) is 4. The van der Waals surface area contributed by atoms with Crippen LogP contribution in [0.25, 0.3) is 0 Å². The number of ether oxygens (including phenoxy) is 2. The molecule has 128 valence electrons. The Labute approximate surface area is 139 Å². The minimum atomic E-state index is -0.338. The van der Waals surface area contributed by atoms with Crippen LogP contribution in [-0.2, 0) is 14.3 Å². The van der Waals surface area contributed by atoms with Gasteiger partial charge in [0.1, 0.15) is 6.10 Å². The van der Waals surface area contributed by atoms with Crippen LogP contribution in [0.3, 0.4) is 0 Å². The highest BCUT2D eigenvalue weighted by Gasteiger charge is 2.24. The van der Waals surface area contributed by atoms with Crippen molar-refractivity contribution in [3.05, 3.63) is 35.9 Å². The monoisotopic (exact) mass is 320 g/mol. The number of benzene rings is 1. The zero-order chi connectivity index (χ0) is 17.2. The molecule has 0 spiro atoms. The van der Waals surface area contributed by atoms with Gasteiger partial charge in [-0.05, 0) is 43.7 Å². The van der Waals surface area contributed by atoms with Crippen molar-refractivity contribution in [3.8, 4) is 0 Å². The summed E-state index contributed by atoms with van der Waals surface area (Å²) in [6, 6.07) is 8.94. The number of carbonyl (C=O) groups excluding carboxylic acids is 2. The van der Waals surface area contributed by atoms with Gasteiger partial charge >= 0.3 is 11.9 Å². The van der Waals surface area contributed by atoms with E-state index in [2.05, 4.69) is 20.8 Å². The molecule has 1 aromatic rings. The first kappa shape index (κ1) is 19.2. The molecule has 0 radical (unpaired) electrons. The third kappa shape index (κ3) is 7.31. The van der Waals surface area contributed by atoms with E-state index in [9.17, 15) is 9.59 Å². The van der Waals surface area contributed by atoms with Crippen molar-refractivity contribution in [2.75, 3.05) is 6.61 Å². The number of hydrogen-bond donors (Lipinski definition) is 0. The molecule has 0 N–H and O–H groups in total. The first-order chi connectivity index (χ1) is 10.9. The second kappa shape index (κ2) is 10.0. The second-order valence-electron chi connectivity index (χ2n) is 6.26. The Morgan fingerprint density at radius 2 is 1.74 bits per heavy atom. The average molecular weight is 320 g/mol. The van der Waals surface area contributed by atoms with Gasteiger partial charge in [-0.3, -0.25) is 4.79 Å². The summed E-state index contributed by atoms with van der Waals surface area (Å²) < 4.78 is 10.6. The molecule has 0 bridgehead atoms. The summed E-state index contributed by atoms with van der Waals surface area (Å²) in [5.41, 5.74) is 0.533. The van der Waals surface area contributed by atoms with Gasteiger partial charge in [-0.15, -0.1) is 0 Å². The van der Waals surface area contributed by atoms with Gasteiger partial charge in [0.05, 0.1) is 12.2 Å².